The monoisotopic (exact) mass is 434 g/mol. The maximum absolute atomic E-state index is 12.7. The Bertz CT molecular complexity index is 934. The van der Waals surface area contributed by atoms with E-state index in [1.54, 1.807) is 6.20 Å². The second kappa shape index (κ2) is 10.3. The normalized spacial score (nSPS) is 27.0. The molecule has 0 bridgehead atoms. The van der Waals surface area contributed by atoms with Crippen LogP contribution in [0.2, 0.25) is 0 Å². The molecule has 1 fully saturated rings. The number of allylic oxidation sites excluding steroid dienone is 5. The molecule has 6 heteroatoms. The molecule has 2 aliphatic heterocycles. The van der Waals surface area contributed by atoms with E-state index in [1.807, 2.05) is 43.5 Å². The van der Waals surface area contributed by atoms with Crippen LogP contribution >= 0.6 is 0 Å². The Morgan fingerprint density at radius 2 is 2.16 bits per heavy atom. The van der Waals surface area contributed by atoms with Gasteiger partial charge in [0.2, 0.25) is 5.91 Å². The quantitative estimate of drug-likeness (QED) is 0.530. The smallest absolute Gasteiger partial charge is 0.232 e. The first-order valence-electron chi connectivity index (χ1n) is 11.7. The topological polar surface area (TPSA) is 86.3 Å². The minimum Gasteiger partial charge on any atom is -0.387 e. The van der Waals surface area contributed by atoms with Crippen molar-refractivity contribution in [3.8, 4) is 0 Å². The molecule has 5 atom stereocenters. The highest BCUT2D eigenvalue weighted by Crippen LogP contribution is 2.30. The van der Waals surface area contributed by atoms with Crippen LogP contribution < -0.4 is 16.0 Å². The predicted octanol–water partition coefficient (Wildman–Crippen LogP) is 3.07. The van der Waals surface area contributed by atoms with Crippen LogP contribution in [0, 0.1) is 5.92 Å². The van der Waals surface area contributed by atoms with Crippen LogP contribution in [0.15, 0.2) is 71.7 Å². The molecular formula is C26H34N4O2. The third-order valence-corrected chi connectivity index (χ3v) is 6.77. The molecule has 4 rings (SSSR count). The highest BCUT2D eigenvalue weighted by atomic mass is 16.3. The summed E-state index contributed by atoms with van der Waals surface area (Å²) in [5.74, 6) is -0.0390. The second-order valence-corrected chi connectivity index (χ2v) is 9.20. The van der Waals surface area contributed by atoms with Gasteiger partial charge in [0.15, 0.2) is 0 Å². The molecule has 1 amide bonds. The summed E-state index contributed by atoms with van der Waals surface area (Å²) in [5.41, 5.74) is 4.19. The summed E-state index contributed by atoms with van der Waals surface area (Å²) in [6.45, 7) is 4.76. The van der Waals surface area contributed by atoms with Crippen LogP contribution in [0.1, 0.15) is 51.1 Å². The van der Waals surface area contributed by atoms with Gasteiger partial charge >= 0.3 is 0 Å². The van der Waals surface area contributed by atoms with Crippen LogP contribution in [-0.4, -0.2) is 40.7 Å². The molecular weight excluding hydrogens is 400 g/mol. The summed E-state index contributed by atoms with van der Waals surface area (Å²) in [7, 11) is 0. The van der Waals surface area contributed by atoms with Crippen molar-refractivity contribution in [1.82, 2.24) is 20.9 Å². The fourth-order valence-electron chi connectivity index (χ4n) is 4.79. The first kappa shape index (κ1) is 22.5. The fraction of sp³-hybridized carbons (Fsp3) is 0.462. The number of aliphatic hydroxyl groups excluding tert-OH is 1. The van der Waals surface area contributed by atoms with Gasteiger partial charge in [0, 0.05) is 30.5 Å². The van der Waals surface area contributed by atoms with Gasteiger partial charge in [-0.15, -0.1) is 0 Å². The van der Waals surface area contributed by atoms with E-state index in [-0.39, 0.29) is 23.8 Å². The van der Waals surface area contributed by atoms with Crippen LogP contribution in [0.25, 0.3) is 0 Å². The highest BCUT2D eigenvalue weighted by molar-refractivity contribution is 5.84. The van der Waals surface area contributed by atoms with Gasteiger partial charge in [0.25, 0.3) is 0 Å². The molecule has 4 N–H and O–H groups in total. The minimum absolute atomic E-state index is 0.0192. The first-order chi connectivity index (χ1) is 15.5. The molecule has 1 saturated heterocycles. The molecule has 1 aliphatic carbocycles. The molecule has 0 aromatic carbocycles. The number of hydrogen-bond donors (Lipinski definition) is 4. The zero-order chi connectivity index (χ0) is 22.5. The van der Waals surface area contributed by atoms with E-state index < -0.39 is 6.10 Å². The van der Waals surface area contributed by atoms with E-state index in [2.05, 4.69) is 40.0 Å². The number of nitrogens with one attached hydrogen (secondary N) is 3. The zero-order valence-electron chi connectivity index (χ0n) is 18.9. The van der Waals surface area contributed by atoms with Crippen molar-refractivity contribution in [1.29, 1.82) is 0 Å². The van der Waals surface area contributed by atoms with Gasteiger partial charge in [0.05, 0.1) is 17.7 Å². The Hall–Kier alpha value is -2.70. The van der Waals surface area contributed by atoms with Gasteiger partial charge in [0.1, 0.15) is 0 Å². The van der Waals surface area contributed by atoms with Crippen molar-refractivity contribution in [2.24, 2.45) is 5.92 Å². The minimum atomic E-state index is -0.445. The SMILES string of the molecule is CC1CC(C[C@@H]2CC[C@H]([C@H](O)C3=CC=CNC3)N2)=CC=C1NC(=O)[C@@H](C)c1ccccn1. The summed E-state index contributed by atoms with van der Waals surface area (Å²) in [6.07, 6.45) is 15.3. The molecule has 0 radical (unpaired) electrons. The van der Waals surface area contributed by atoms with E-state index in [4.69, 9.17) is 0 Å². The summed E-state index contributed by atoms with van der Waals surface area (Å²) >= 11 is 0. The summed E-state index contributed by atoms with van der Waals surface area (Å²) in [5, 5.41) is 20.6. The molecule has 1 unspecified atom stereocenters. The van der Waals surface area contributed by atoms with E-state index in [0.717, 1.165) is 42.6 Å². The molecule has 3 aliphatic rings. The third-order valence-electron chi connectivity index (χ3n) is 6.77. The van der Waals surface area contributed by atoms with Crippen LogP contribution in [0.4, 0.5) is 0 Å². The van der Waals surface area contributed by atoms with Crippen molar-refractivity contribution < 1.29 is 9.90 Å². The average molecular weight is 435 g/mol. The maximum atomic E-state index is 12.7. The van der Waals surface area contributed by atoms with E-state index in [9.17, 15) is 9.90 Å². The number of dihydropyridines is 1. The van der Waals surface area contributed by atoms with E-state index in [0.29, 0.717) is 12.6 Å². The Labute approximate surface area is 190 Å². The van der Waals surface area contributed by atoms with Gasteiger partial charge in [-0.05, 0) is 74.6 Å². The first-order valence-corrected chi connectivity index (χ1v) is 11.7. The van der Waals surface area contributed by atoms with Crippen molar-refractivity contribution in [2.45, 2.75) is 63.6 Å². The average Bonchev–Trinajstić information content (AvgIpc) is 3.29. The number of nitrogens with zero attached hydrogens (tertiary/aromatic N) is 1. The molecule has 0 saturated carbocycles. The number of hydrogen-bond acceptors (Lipinski definition) is 5. The van der Waals surface area contributed by atoms with Gasteiger partial charge in [-0.1, -0.05) is 30.7 Å². The molecule has 6 nitrogen and oxygen atoms in total. The second-order valence-electron chi connectivity index (χ2n) is 9.20. The fourth-order valence-corrected chi connectivity index (χ4v) is 4.79. The number of pyridine rings is 1. The van der Waals surface area contributed by atoms with Crippen LogP contribution in [0.3, 0.4) is 0 Å². The van der Waals surface area contributed by atoms with Crippen molar-refractivity contribution in [3.63, 3.8) is 0 Å². The predicted molar refractivity (Wildman–Crippen MR) is 127 cm³/mol. The third kappa shape index (κ3) is 5.37. The van der Waals surface area contributed by atoms with Gasteiger partial charge in [-0.2, -0.15) is 0 Å². The lowest BCUT2D eigenvalue weighted by Crippen LogP contribution is -2.41. The number of carbonyl (C=O) groups is 1. The molecule has 170 valence electrons. The number of aliphatic hydroxyl groups is 1. The Balaban J connectivity index is 1.31. The summed E-state index contributed by atoms with van der Waals surface area (Å²) in [4.78, 5) is 17.0. The Morgan fingerprint density at radius 3 is 2.88 bits per heavy atom. The molecule has 1 aromatic rings. The molecule has 0 spiro atoms. The summed E-state index contributed by atoms with van der Waals surface area (Å²) in [6, 6.07) is 6.15. The molecule has 32 heavy (non-hydrogen) atoms. The number of carbonyl (C=O) groups excluding carboxylic acids is 1. The van der Waals surface area contributed by atoms with Gasteiger partial charge < -0.3 is 21.1 Å². The van der Waals surface area contributed by atoms with Crippen LogP contribution in [0.5, 0.6) is 0 Å². The lowest BCUT2D eigenvalue weighted by atomic mass is 9.88. The van der Waals surface area contributed by atoms with Gasteiger partial charge in [-0.3, -0.25) is 9.78 Å². The van der Waals surface area contributed by atoms with Crippen LogP contribution in [-0.2, 0) is 4.79 Å². The number of rotatable bonds is 7. The van der Waals surface area contributed by atoms with Gasteiger partial charge in [-0.25, -0.2) is 0 Å². The Kier molecular flexibility index (Phi) is 7.22. The largest absolute Gasteiger partial charge is 0.387 e. The molecule has 3 heterocycles. The van der Waals surface area contributed by atoms with Crippen molar-refractivity contribution in [2.75, 3.05) is 6.54 Å². The van der Waals surface area contributed by atoms with E-state index in [1.165, 1.54) is 5.57 Å². The highest BCUT2D eigenvalue weighted by Gasteiger charge is 2.32. The van der Waals surface area contributed by atoms with Crippen molar-refractivity contribution in [3.05, 3.63) is 77.4 Å². The molecule has 1 aromatic heterocycles. The number of amides is 1. The standard InChI is InChI=1S/C26H34N4O2/c1-17-14-19(8-10-22(17)30-26(32)18(2)23-7-3-4-13-28-23)15-21-9-11-24(29-21)25(31)20-6-5-12-27-16-20/h3-8,10,12-13,17-18,21,24-25,27,29,31H,9,11,14-16H2,1-2H3,(H,30,32)/t17?,18-,21-,24+,25+/m0/s1. The van der Waals surface area contributed by atoms with E-state index >= 15 is 0 Å². The lowest BCUT2D eigenvalue weighted by molar-refractivity contribution is -0.121. The zero-order valence-corrected chi connectivity index (χ0v) is 18.9. The maximum Gasteiger partial charge on any atom is 0.232 e. The van der Waals surface area contributed by atoms with Crippen molar-refractivity contribution >= 4 is 5.91 Å². The Morgan fingerprint density at radius 1 is 1.28 bits per heavy atom. The number of aromatic nitrogens is 1. The lowest BCUT2D eigenvalue weighted by Gasteiger charge is -2.26. The summed E-state index contributed by atoms with van der Waals surface area (Å²) < 4.78 is 0.